The Balaban J connectivity index is 1.79. The lowest BCUT2D eigenvalue weighted by Gasteiger charge is -2.07. The second-order valence-electron chi connectivity index (χ2n) is 5.51. The third kappa shape index (κ3) is 6.40. The Morgan fingerprint density at radius 2 is 1.69 bits per heavy atom. The summed E-state index contributed by atoms with van der Waals surface area (Å²) in [6.07, 6.45) is 0. The first kappa shape index (κ1) is 21.5. The van der Waals surface area contributed by atoms with E-state index < -0.39 is 47.5 Å². The maximum absolute atomic E-state index is 12.0. The molecule has 150 valence electrons. The number of nitro groups is 1. The predicted molar refractivity (Wildman–Crippen MR) is 100 cm³/mol. The van der Waals surface area contributed by atoms with Gasteiger partial charge in [0.2, 0.25) is 0 Å². The number of hydrogen-bond acceptors (Lipinski definition) is 7. The van der Waals surface area contributed by atoms with Crippen LogP contribution in [0.2, 0.25) is 5.02 Å². The van der Waals surface area contributed by atoms with E-state index in [1.807, 2.05) is 5.32 Å². The number of ether oxygens (including phenoxy) is 1. The second-order valence-corrected chi connectivity index (χ2v) is 5.92. The minimum atomic E-state index is -0.941. The number of carbonyl (C=O) groups is 4. The molecule has 0 heterocycles. The van der Waals surface area contributed by atoms with Crippen molar-refractivity contribution in [1.29, 1.82) is 0 Å². The smallest absolute Gasteiger partial charge is 0.325 e. The highest BCUT2D eigenvalue weighted by Gasteiger charge is 2.17. The molecule has 2 aromatic carbocycles. The molecule has 0 aliphatic heterocycles. The summed E-state index contributed by atoms with van der Waals surface area (Å²) in [4.78, 5) is 57.1. The van der Waals surface area contributed by atoms with Gasteiger partial charge in [0, 0.05) is 17.2 Å². The number of nitrogens with one attached hydrogen (secondary N) is 2. The van der Waals surface area contributed by atoms with E-state index >= 15 is 0 Å². The summed E-state index contributed by atoms with van der Waals surface area (Å²) in [5, 5.41) is 14.9. The van der Waals surface area contributed by atoms with Gasteiger partial charge in [-0.25, -0.2) is 0 Å². The number of nitro benzene ring substituents is 1. The van der Waals surface area contributed by atoms with Crippen LogP contribution in [-0.2, 0) is 14.3 Å². The molecule has 0 spiro atoms. The monoisotopic (exact) mass is 419 g/mol. The van der Waals surface area contributed by atoms with E-state index in [9.17, 15) is 29.3 Å². The summed E-state index contributed by atoms with van der Waals surface area (Å²) >= 11 is 5.66. The molecule has 2 aromatic rings. The highest BCUT2D eigenvalue weighted by molar-refractivity contribution is 6.32. The van der Waals surface area contributed by atoms with Gasteiger partial charge in [-0.2, -0.15) is 0 Å². The van der Waals surface area contributed by atoms with Gasteiger partial charge in [0.25, 0.3) is 23.4 Å². The summed E-state index contributed by atoms with van der Waals surface area (Å²) in [7, 11) is 0. The van der Waals surface area contributed by atoms with Crippen molar-refractivity contribution in [3.63, 3.8) is 0 Å². The van der Waals surface area contributed by atoms with Gasteiger partial charge in [-0.3, -0.25) is 34.6 Å². The van der Waals surface area contributed by atoms with Crippen molar-refractivity contribution in [2.45, 2.75) is 0 Å². The van der Waals surface area contributed by atoms with Crippen molar-refractivity contribution >= 4 is 41.0 Å². The Morgan fingerprint density at radius 1 is 1.00 bits per heavy atom. The lowest BCUT2D eigenvalue weighted by atomic mass is 10.2. The van der Waals surface area contributed by atoms with Crippen LogP contribution in [0.4, 0.5) is 5.69 Å². The molecule has 0 bridgehead atoms. The molecule has 0 unspecified atom stereocenters. The van der Waals surface area contributed by atoms with E-state index in [4.69, 9.17) is 11.6 Å². The molecular weight excluding hydrogens is 406 g/mol. The van der Waals surface area contributed by atoms with Gasteiger partial charge < -0.3 is 10.1 Å². The summed E-state index contributed by atoms with van der Waals surface area (Å²) in [6.45, 7) is -1.31. The summed E-state index contributed by atoms with van der Waals surface area (Å²) < 4.78 is 4.66. The number of imide groups is 1. The molecule has 0 aliphatic carbocycles. The fourth-order valence-corrected chi connectivity index (χ4v) is 2.26. The quantitative estimate of drug-likeness (QED) is 0.392. The van der Waals surface area contributed by atoms with Crippen molar-refractivity contribution in [3.05, 3.63) is 74.8 Å². The van der Waals surface area contributed by atoms with Gasteiger partial charge in [-0.05, 0) is 24.3 Å². The number of amides is 3. The number of hydrogen-bond donors (Lipinski definition) is 2. The first-order valence-electron chi connectivity index (χ1n) is 8.05. The van der Waals surface area contributed by atoms with E-state index in [2.05, 4.69) is 10.1 Å². The van der Waals surface area contributed by atoms with Gasteiger partial charge >= 0.3 is 5.97 Å². The predicted octanol–water partition coefficient (Wildman–Crippen LogP) is 1.48. The molecule has 0 aromatic heterocycles. The van der Waals surface area contributed by atoms with Gasteiger partial charge in [0.05, 0.1) is 4.92 Å². The molecule has 3 amide bonds. The normalized spacial score (nSPS) is 9.97. The van der Waals surface area contributed by atoms with E-state index in [0.29, 0.717) is 0 Å². The molecular formula is C18H14ClN3O7. The molecule has 2 rings (SSSR count). The van der Waals surface area contributed by atoms with Crippen molar-refractivity contribution in [2.24, 2.45) is 0 Å². The number of benzene rings is 2. The molecule has 0 fully saturated rings. The SMILES string of the molecule is O=C(COC(=O)CNC(=O)c1ccc(Cl)c([N+](=O)[O-])c1)NC(=O)c1ccccc1. The van der Waals surface area contributed by atoms with Crippen molar-refractivity contribution in [3.8, 4) is 0 Å². The maximum Gasteiger partial charge on any atom is 0.325 e. The molecule has 11 heteroatoms. The number of rotatable bonds is 7. The molecule has 29 heavy (non-hydrogen) atoms. The first-order chi connectivity index (χ1) is 13.8. The van der Waals surface area contributed by atoms with E-state index in [1.165, 1.54) is 24.3 Å². The number of nitrogens with zero attached hydrogens (tertiary/aromatic N) is 1. The van der Waals surface area contributed by atoms with Crippen LogP contribution in [0.3, 0.4) is 0 Å². The molecule has 0 aliphatic rings. The fourth-order valence-electron chi connectivity index (χ4n) is 2.07. The van der Waals surface area contributed by atoms with Crippen LogP contribution in [-0.4, -0.2) is 41.8 Å². The average Bonchev–Trinajstić information content (AvgIpc) is 2.71. The number of esters is 1. The van der Waals surface area contributed by atoms with Crippen LogP contribution in [0.5, 0.6) is 0 Å². The van der Waals surface area contributed by atoms with E-state index in [-0.39, 0.29) is 16.1 Å². The zero-order chi connectivity index (χ0) is 21.4. The average molecular weight is 420 g/mol. The minimum Gasteiger partial charge on any atom is -0.454 e. The zero-order valence-electron chi connectivity index (χ0n) is 14.7. The summed E-state index contributed by atoms with van der Waals surface area (Å²) in [5.74, 6) is -3.20. The molecule has 0 saturated carbocycles. The van der Waals surface area contributed by atoms with Gasteiger partial charge in [0.1, 0.15) is 11.6 Å². The molecule has 0 saturated heterocycles. The van der Waals surface area contributed by atoms with Crippen LogP contribution in [0.1, 0.15) is 20.7 Å². The third-order valence-electron chi connectivity index (χ3n) is 3.45. The standard InChI is InChI=1S/C18H14ClN3O7/c19-13-7-6-12(8-14(13)22(27)28)17(25)20-9-16(24)29-10-15(23)21-18(26)11-4-2-1-3-5-11/h1-8H,9-10H2,(H,20,25)(H,21,23,26). The first-order valence-corrected chi connectivity index (χ1v) is 8.42. The highest BCUT2D eigenvalue weighted by Crippen LogP contribution is 2.24. The second kappa shape index (κ2) is 9.95. The molecule has 2 N–H and O–H groups in total. The van der Waals surface area contributed by atoms with Crippen LogP contribution in [0.25, 0.3) is 0 Å². The number of halogens is 1. The Morgan fingerprint density at radius 3 is 2.34 bits per heavy atom. The maximum atomic E-state index is 12.0. The zero-order valence-corrected chi connectivity index (χ0v) is 15.5. The molecule has 0 radical (unpaired) electrons. The lowest BCUT2D eigenvalue weighted by molar-refractivity contribution is -0.384. The Bertz CT molecular complexity index is 963. The van der Waals surface area contributed by atoms with Crippen LogP contribution >= 0.6 is 11.6 Å². The highest BCUT2D eigenvalue weighted by atomic mass is 35.5. The topological polar surface area (TPSA) is 145 Å². The van der Waals surface area contributed by atoms with Crippen LogP contribution in [0, 0.1) is 10.1 Å². The van der Waals surface area contributed by atoms with Crippen molar-refractivity contribution < 1.29 is 28.8 Å². The van der Waals surface area contributed by atoms with E-state index in [0.717, 1.165) is 6.07 Å². The minimum absolute atomic E-state index is 0.0832. The Labute approximate surface area is 168 Å². The van der Waals surface area contributed by atoms with E-state index in [1.54, 1.807) is 18.2 Å². The Kier molecular flexibility index (Phi) is 7.38. The van der Waals surface area contributed by atoms with Gasteiger partial charge in [-0.15, -0.1) is 0 Å². The summed E-state index contributed by atoms with van der Waals surface area (Å²) in [5.41, 5.74) is -0.279. The Hall–Kier alpha value is -3.79. The van der Waals surface area contributed by atoms with Crippen LogP contribution < -0.4 is 10.6 Å². The number of carbonyl (C=O) groups excluding carboxylic acids is 4. The third-order valence-corrected chi connectivity index (χ3v) is 3.77. The van der Waals surface area contributed by atoms with Crippen molar-refractivity contribution in [2.75, 3.05) is 13.2 Å². The van der Waals surface area contributed by atoms with Gasteiger partial charge in [-0.1, -0.05) is 29.8 Å². The summed E-state index contributed by atoms with van der Waals surface area (Å²) in [6, 6.07) is 11.4. The molecule has 0 atom stereocenters. The largest absolute Gasteiger partial charge is 0.454 e. The fraction of sp³-hybridized carbons (Fsp3) is 0.111. The van der Waals surface area contributed by atoms with Crippen LogP contribution in [0.15, 0.2) is 48.5 Å². The lowest BCUT2D eigenvalue weighted by Crippen LogP contribution is -2.36. The van der Waals surface area contributed by atoms with Gasteiger partial charge in [0.15, 0.2) is 6.61 Å². The van der Waals surface area contributed by atoms with Crippen molar-refractivity contribution in [1.82, 2.24) is 10.6 Å². The molecule has 10 nitrogen and oxygen atoms in total.